The zero-order valence-electron chi connectivity index (χ0n) is 11.2. The second-order valence-electron chi connectivity index (χ2n) is 4.92. The molecule has 21 heavy (non-hydrogen) atoms. The monoisotopic (exact) mass is 302 g/mol. The van der Waals surface area contributed by atoms with Gasteiger partial charge in [-0.15, -0.1) is 11.8 Å². The van der Waals surface area contributed by atoms with Crippen LogP contribution in [0.5, 0.6) is 0 Å². The third kappa shape index (κ3) is 2.42. The van der Waals surface area contributed by atoms with Crippen molar-refractivity contribution in [3.63, 3.8) is 0 Å². The minimum atomic E-state index is -0.979. The van der Waals surface area contributed by atoms with E-state index in [1.54, 1.807) is 12.1 Å². The van der Waals surface area contributed by atoms with Crippen LogP contribution >= 0.6 is 11.8 Å². The molecule has 1 unspecified atom stereocenters. The first-order valence-corrected chi connectivity index (χ1v) is 7.63. The summed E-state index contributed by atoms with van der Waals surface area (Å²) in [6, 6.07) is 10.3. The predicted molar refractivity (Wildman–Crippen MR) is 83.3 cm³/mol. The molecule has 3 N–H and O–H groups in total. The van der Waals surface area contributed by atoms with Gasteiger partial charge in [-0.3, -0.25) is 4.79 Å². The van der Waals surface area contributed by atoms with E-state index in [2.05, 4.69) is 0 Å². The van der Waals surface area contributed by atoms with Crippen molar-refractivity contribution in [2.24, 2.45) is 0 Å². The molecule has 1 saturated heterocycles. The van der Waals surface area contributed by atoms with Crippen molar-refractivity contribution in [2.75, 3.05) is 17.4 Å². The van der Waals surface area contributed by atoms with Crippen LogP contribution in [0.1, 0.15) is 10.4 Å². The third-order valence-corrected chi connectivity index (χ3v) is 4.59. The first-order valence-electron chi connectivity index (χ1n) is 6.47. The minimum absolute atomic E-state index is 0.323. The highest BCUT2D eigenvalue weighted by Crippen LogP contribution is 2.27. The van der Waals surface area contributed by atoms with Crippen molar-refractivity contribution in [3.8, 4) is 0 Å². The van der Waals surface area contributed by atoms with Crippen molar-refractivity contribution in [3.05, 3.63) is 42.0 Å². The minimum Gasteiger partial charge on any atom is -0.480 e. The average Bonchev–Trinajstić information content (AvgIpc) is 2.95. The van der Waals surface area contributed by atoms with Gasteiger partial charge in [0.25, 0.3) is 5.91 Å². The van der Waals surface area contributed by atoms with Crippen molar-refractivity contribution < 1.29 is 14.7 Å². The molecule has 1 aliphatic rings. The number of hydrogen-bond donors (Lipinski definition) is 2. The van der Waals surface area contributed by atoms with E-state index in [1.165, 1.54) is 16.7 Å². The van der Waals surface area contributed by atoms with Gasteiger partial charge in [0.05, 0.1) is 11.4 Å². The van der Waals surface area contributed by atoms with Crippen LogP contribution < -0.4 is 5.73 Å². The maximum absolute atomic E-state index is 12.6. The molecule has 1 fully saturated rings. The van der Waals surface area contributed by atoms with Crippen LogP contribution in [0.2, 0.25) is 0 Å². The Morgan fingerprint density at radius 3 is 2.57 bits per heavy atom. The molecule has 0 spiro atoms. The van der Waals surface area contributed by atoms with E-state index in [0.29, 0.717) is 22.9 Å². The number of nitrogen functional groups attached to an aromatic ring is 1. The van der Waals surface area contributed by atoms with Gasteiger partial charge in [0, 0.05) is 11.4 Å². The molecule has 1 atom stereocenters. The number of nitrogens with zero attached hydrogens (tertiary/aromatic N) is 1. The standard InChI is InChI=1S/C15H14N2O3S/c16-12-6-10-4-2-1-3-9(10)5-11(12)14(18)17-8-21-7-13(17)15(19)20/h1-6,13H,7-8,16H2,(H,19,20). The molecule has 0 radical (unpaired) electrons. The molecular formula is C15H14N2O3S. The number of fused-ring (bicyclic) bond motifs is 1. The summed E-state index contributed by atoms with van der Waals surface area (Å²) < 4.78 is 0. The van der Waals surface area contributed by atoms with Crippen LogP contribution in [-0.4, -0.2) is 39.6 Å². The Kier molecular flexibility index (Phi) is 3.47. The number of aliphatic carboxylic acids is 1. The molecule has 1 aliphatic heterocycles. The number of rotatable bonds is 2. The van der Waals surface area contributed by atoms with E-state index in [-0.39, 0.29) is 5.91 Å². The van der Waals surface area contributed by atoms with Crippen LogP contribution in [0.25, 0.3) is 10.8 Å². The number of carbonyl (C=O) groups excluding carboxylic acids is 1. The maximum atomic E-state index is 12.6. The Morgan fingerprint density at radius 2 is 1.90 bits per heavy atom. The largest absolute Gasteiger partial charge is 0.480 e. The number of benzene rings is 2. The van der Waals surface area contributed by atoms with Crippen LogP contribution in [0.3, 0.4) is 0 Å². The highest BCUT2D eigenvalue weighted by molar-refractivity contribution is 7.99. The molecule has 5 nitrogen and oxygen atoms in total. The summed E-state index contributed by atoms with van der Waals surface area (Å²) in [6.07, 6.45) is 0. The Morgan fingerprint density at radius 1 is 1.24 bits per heavy atom. The molecule has 1 amide bonds. The van der Waals surface area contributed by atoms with Gasteiger partial charge >= 0.3 is 5.97 Å². The molecule has 6 heteroatoms. The molecule has 1 heterocycles. The summed E-state index contributed by atoms with van der Waals surface area (Å²) >= 11 is 1.43. The van der Waals surface area contributed by atoms with Crippen LogP contribution in [0.15, 0.2) is 36.4 Å². The molecule has 0 aromatic heterocycles. The van der Waals surface area contributed by atoms with Gasteiger partial charge in [-0.1, -0.05) is 24.3 Å². The lowest BCUT2D eigenvalue weighted by molar-refractivity contribution is -0.140. The van der Waals surface area contributed by atoms with Crippen molar-refractivity contribution in [1.29, 1.82) is 0 Å². The second kappa shape index (κ2) is 5.29. The number of thioether (sulfide) groups is 1. The van der Waals surface area contributed by atoms with Crippen molar-refractivity contribution in [2.45, 2.75) is 6.04 Å². The Labute approximate surface area is 125 Å². The van der Waals surface area contributed by atoms with Gasteiger partial charge in [0.15, 0.2) is 0 Å². The highest BCUT2D eigenvalue weighted by atomic mass is 32.2. The number of nitrogens with two attached hydrogens (primary N) is 1. The lowest BCUT2D eigenvalue weighted by atomic mass is 10.0. The summed E-state index contributed by atoms with van der Waals surface area (Å²) in [7, 11) is 0. The van der Waals surface area contributed by atoms with Gasteiger partial charge < -0.3 is 15.7 Å². The van der Waals surface area contributed by atoms with Crippen molar-refractivity contribution in [1.82, 2.24) is 4.90 Å². The van der Waals surface area contributed by atoms with E-state index < -0.39 is 12.0 Å². The predicted octanol–water partition coefficient (Wildman–Crippen LogP) is 2.02. The molecule has 0 saturated carbocycles. The maximum Gasteiger partial charge on any atom is 0.327 e. The summed E-state index contributed by atoms with van der Waals surface area (Å²) in [5, 5.41) is 11.0. The molecule has 3 rings (SSSR count). The van der Waals surface area contributed by atoms with Gasteiger partial charge in [-0.25, -0.2) is 4.79 Å². The van der Waals surface area contributed by atoms with Crippen LogP contribution in [0.4, 0.5) is 5.69 Å². The van der Waals surface area contributed by atoms with E-state index in [1.807, 2.05) is 24.3 Å². The third-order valence-electron chi connectivity index (χ3n) is 3.58. The molecule has 2 aromatic carbocycles. The Hall–Kier alpha value is -2.21. The fourth-order valence-electron chi connectivity index (χ4n) is 2.45. The van der Waals surface area contributed by atoms with E-state index in [4.69, 9.17) is 5.73 Å². The summed E-state index contributed by atoms with van der Waals surface area (Å²) in [4.78, 5) is 25.2. The molecule has 0 aliphatic carbocycles. The zero-order valence-corrected chi connectivity index (χ0v) is 12.0. The van der Waals surface area contributed by atoms with E-state index in [9.17, 15) is 14.7 Å². The average molecular weight is 302 g/mol. The summed E-state index contributed by atoms with van der Waals surface area (Å²) in [5.74, 6) is -0.514. The van der Waals surface area contributed by atoms with E-state index in [0.717, 1.165) is 10.8 Å². The van der Waals surface area contributed by atoms with Crippen molar-refractivity contribution >= 4 is 40.1 Å². The van der Waals surface area contributed by atoms with Gasteiger partial charge in [0.2, 0.25) is 0 Å². The number of carboxylic acids is 1. The smallest absolute Gasteiger partial charge is 0.327 e. The first-order chi connectivity index (χ1) is 10.1. The second-order valence-corrected chi connectivity index (χ2v) is 5.92. The Bertz CT molecular complexity index is 732. The fourth-order valence-corrected chi connectivity index (χ4v) is 3.59. The number of carboxylic acid groups (broad SMARTS) is 1. The quantitative estimate of drug-likeness (QED) is 0.829. The Balaban J connectivity index is 2.01. The lowest BCUT2D eigenvalue weighted by Crippen LogP contribution is -2.42. The summed E-state index contributed by atoms with van der Waals surface area (Å²) in [6.45, 7) is 0. The fraction of sp³-hybridized carbons (Fsp3) is 0.200. The first kappa shape index (κ1) is 13.8. The number of amides is 1. The molecule has 2 aromatic rings. The zero-order chi connectivity index (χ0) is 15.0. The van der Waals surface area contributed by atoms with Gasteiger partial charge in [0.1, 0.15) is 6.04 Å². The van der Waals surface area contributed by atoms with E-state index >= 15 is 0 Å². The topological polar surface area (TPSA) is 83.6 Å². The normalized spacial score (nSPS) is 18.1. The van der Waals surface area contributed by atoms with Crippen LogP contribution in [0, 0.1) is 0 Å². The number of hydrogen-bond acceptors (Lipinski definition) is 4. The lowest BCUT2D eigenvalue weighted by Gasteiger charge is -2.21. The highest BCUT2D eigenvalue weighted by Gasteiger charge is 2.35. The number of anilines is 1. The molecule has 0 bridgehead atoms. The number of carbonyl (C=O) groups is 2. The van der Waals surface area contributed by atoms with Gasteiger partial charge in [-0.05, 0) is 22.9 Å². The molecule has 108 valence electrons. The van der Waals surface area contributed by atoms with Gasteiger partial charge in [-0.2, -0.15) is 0 Å². The van der Waals surface area contributed by atoms with Crippen LogP contribution in [-0.2, 0) is 4.79 Å². The SMILES string of the molecule is Nc1cc2ccccc2cc1C(=O)N1CSCC1C(=O)O. The molecular weight excluding hydrogens is 288 g/mol. The summed E-state index contributed by atoms with van der Waals surface area (Å²) in [5.41, 5.74) is 6.71.